The van der Waals surface area contributed by atoms with Gasteiger partial charge in [0.2, 0.25) is 0 Å². The normalized spacial score (nSPS) is 10.9. The Morgan fingerprint density at radius 2 is 2.36 bits per heavy atom. The Hall–Kier alpha value is -1.44. The molecule has 0 amide bonds. The predicted octanol–water partition coefficient (Wildman–Crippen LogP) is -1.31. The van der Waals surface area contributed by atoms with Crippen molar-refractivity contribution in [2.45, 2.75) is 0 Å². The van der Waals surface area contributed by atoms with Crippen LogP contribution < -0.4 is 4.83 Å². The molecule has 0 aliphatic heterocycles. The number of sulfonamides is 1. The zero-order valence-electron chi connectivity index (χ0n) is 5.38. The molecule has 11 heavy (non-hydrogen) atoms. The minimum atomic E-state index is -3.53. The highest BCUT2D eigenvalue weighted by Gasteiger charge is 2.03. The molecule has 1 aromatic heterocycles. The molecule has 0 saturated heterocycles. The molecular formula is C3H5N5O2S. The van der Waals surface area contributed by atoms with Gasteiger partial charge >= 0.3 is 0 Å². The molecule has 0 aliphatic rings. The Balaban J connectivity index is 2.79. The van der Waals surface area contributed by atoms with Gasteiger partial charge in [0.15, 0.2) is 6.33 Å². The Morgan fingerprint density at radius 3 is 2.82 bits per heavy atom. The van der Waals surface area contributed by atoms with E-state index in [4.69, 9.17) is 0 Å². The van der Waals surface area contributed by atoms with Crippen molar-refractivity contribution in [3.63, 3.8) is 0 Å². The van der Waals surface area contributed by atoms with E-state index < -0.39 is 10.0 Å². The summed E-state index contributed by atoms with van der Waals surface area (Å²) in [6.45, 7) is 3.07. The number of nitrogens with one attached hydrogen (secondary N) is 1. The molecule has 0 radical (unpaired) electrons. The first-order valence-corrected chi connectivity index (χ1v) is 4.07. The van der Waals surface area contributed by atoms with Crippen LogP contribution in [0.4, 0.5) is 0 Å². The molecule has 0 saturated carbocycles. The molecule has 0 aliphatic carbocycles. The molecular weight excluding hydrogens is 170 g/mol. The molecule has 7 nitrogen and oxygen atoms in total. The summed E-state index contributed by atoms with van der Waals surface area (Å²) < 4.78 is 21.4. The van der Waals surface area contributed by atoms with Gasteiger partial charge in [-0.1, -0.05) is 11.5 Å². The molecule has 0 bridgehead atoms. The summed E-state index contributed by atoms with van der Waals surface area (Å²) in [5, 5.41) is 10.7. The third kappa shape index (κ3) is 2.00. The first-order valence-electron chi connectivity index (χ1n) is 2.52. The third-order valence-electron chi connectivity index (χ3n) is 0.777. The first-order chi connectivity index (χ1) is 5.14. The van der Waals surface area contributed by atoms with Crippen molar-refractivity contribution < 1.29 is 8.42 Å². The van der Waals surface area contributed by atoms with E-state index in [-0.39, 0.29) is 0 Å². The van der Waals surface area contributed by atoms with Gasteiger partial charge in [-0.15, -0.1) is 10.2 Å². The maximum Gasteiger partial charge on any atom is 0.270 e. The van der Waals surface area contributed by atoms with Crippen LogP contribution in [-0.2, 0) is 10.0 Å². The number of hydrogen-bond donors (Lipinski definition) is 1. The van der Waals surface area contributed by atoms with Crippen LogP contribution in [0.2, 0.25) is 0 Å². The van der Waals surface area contributed by atoms with Crippen LogP contribution in [0.5, 0.6) is 0 Å². The van der Waals surface area contributed by atoms with Gasteiger partial charge in [-0.05, 0) is 5.21 Å². The summed E-state index contributed by atoms with van der Waals surface area (Å²) >= 11 is 0. The molecule has 1 aromatic rings. The van der Waals surface area contributed by atoms with Crippen molar-refractivity contribution in [3.05, 3.63) is 18.3 Å². The number of aromatic nitrogens is 4. The van der Waals surface area contributed by atoms with E-state index in [0.29, 0.717) is 0 Å². The highest BCUT2D eigenvalue weighted by Crippen LogP contribution is 1.83. The van der Waals surface area contributed by atoms with Crippen molar-refractivity contribution in [3.8, 4) is 0 Å². The van der Waals surface area contributed by atoms with Gasteiger partial charge in [-0.25, -0.2) is 8.42 Å². The summed E-state index contributed by atoms with van der Waals surface area (Å²) in [6.07, 6.45) is 1.10. The van der Waals surface area contributed by atoms with Gasteiger partial charge in [0, 0.05) is 5.41 Å². The van der Waals surface area contributed by atoms with Gasteiger partial charge in [0.25, 0.3) is 10.0 Å². The lowest BCUT2D eigenvalue weighted by Crippen LogP contribution is -2.23. The SMILES string of the molecule is C=CS(=O)(=O)Nn1ncnn1. The summed E-state index contributed by atoms with van der Waals surface area (Å²) in [5.41, 5.74) is 0. The summed E-state index contributed by atoms with van der Waals surface area (Å²) in [6, 6.07) is 0. The third-order valence-corrected chi connectivity index (χ3v) is 1.63. The second-order valence-electron chi connectivity index (χ2n) is 1.53. The van der Waals surface area contributed by atoms with E-state index in [0.717, 1.165) is 16.6 Å². The smallest absolute Gasteiger partial charge is 0.200 e. The van der Waals surface area contributed by atoms with Crippen molar-refractivity contribution in [1.82, 2.24) is 20.3 Å². The maximum absolute atomic E-state index is 10.7. The van der Waals surface area contributed by atoms with Gasteiger partial charge < -0.3 is 0 Å². The molecule has 60 valence electrons. The monoisotopic (exact) mass is 175 g/mol. The summed E-state index contributed by atoms with van der Waals surface area (Å²) in [4.78, 5) is 2.65. The quantitative estimate of drug-likeness (QED) is 0.616. The van der Waals surface area contributed by atoms with E-state index in [1.54, 1.807) is 0 Å². The lowest BCUT2D eigenvalue weighted by Gasteiger charge is -1.97. The largest absolute Gasteiger partial charge is 0.270 e. The fourth-order valence-corrected chi connectivity index (χ4v) is 0.746. The standard InChI is InChI=1S/C3H5N5O2S/c1-2-11(9,10)7-8-5-3-4-6-8/h2-3,7H,1H2. The summed E-state index contributed by atoms with van der Waals surface area (Å²) in [5.74, 6) is 0. The molecule has 0 fully saturated rings. The fraction of sp³-hybridized carbons (Fsp3) is 0. The van der Waals surface area contributed by atoms with E-state index in [1.165, 1.54) is 0 Å². The van der Waals surface area contributed by atoms with Crippen LogP contribution in [0.25, 0.3) is 0 Å². The molecule has 1 N–H and O–H groups in total. The first kappa shape index (κ1) is 7.66. The average molecular weight is 175 g/mol. The second kappa shape index (κ2) is 2.66. The number of rotatable bonds is 3. The van der Waals surface area contributed by atoms with Crippen molar-refractivity contribution in [2.75, 3.05) is 4.83 Å². The lowest BCUT2D eigenvalue weighted by atomic mass is 11.3. The molecule has 0 atom stereocenters. The Labute approximate surface area is 62.7 Å². The Bertz CT molecular complexity index is 327. The van der Waals surface area contributed by atoms with Gasteiger partial charge in [-0.2, -0.15) is 4.83 Å². The topological polar surface area (TPSA) is 89.8 Å². The lowest BCUT2D eigenvalue weighted by molar-refractivity contribution is 0.588. The van der Waals surface area contributed by atoms with Crippen LogP contribution in [0.3, 0.4) is 0 Å². The Kier molecular flexibility index (Phi) is 1.85. The zero-order chi connectivity index (χ0) is 8.32. The highest BCUT2D eigenvalue weighted by atomic mass is 32.2. The van der Waals surface area contributed by atoms with Crippen LogP contribution in [-0.4, -0.2) is 28.7 Å². The van der Waals surface area contributed by atoms with Gasteiger partial charge in [0.1, 0.15) is 0 Å². The molecule has 0 aromatic carbocycles. The van der Waals surface area contributed by atoms with Crippen molar-refractivity contribution in [1.29, 1.82) is 0 Å². The van der Waals surface area contributed by atoms with Gasteiger partial charge in [-0.3, -0.25) is 0 Å². The fourth-order valence-electron chi connectivity index (χ4n) is 0.360. The number of nitrogens with zero attached hydrogens (tertiary/aromatic N) is 4. The van der Waals surface area contributed by atoms with Gasteiger partial charge in [0.05, 0.1) is 0 Å². The van der Waals surface area contributed by atoms with Crippen LogP contribution in [0.1, 0.15) is 0 Å². The molecule has 8 heteroatoms. The second-order valence-corrected chi connectivity index (χ2v) is 3.13. The predicted molar refractivity (Wildman–Crippen MR) is 36.3 cm³/mol. The van der Waals surface area contributed by atoms with Crippen LogP contribution in [0.15, 0.2) is 18.3 Å². The van der Waals surface area contributed by atoms with E-state index in [1.807, 2.05) is 4.83 Å². The number of tetrazole rings is 1. The molecule has 1 heterocycles. The van der Waals surface area contributed by atoms with Crippen molar-refractivity contribution >= 4 is 10.0 Å². The highest BCUT2D eigenvalue weighted by molar-refractivity contribution is 7.95. The summed E-state index contributed by atoms with van der Waals surface area (Å²) in [7, 11) is -3.53. The minimum absolute atomic E-state index is 0.719. The van der Waals surface area contributed by atoms with Crippen LogP contribution in [0, 0.1) is 0 Å². The Morgan fingerprint density at radius 1 is 1.64 bits per heavy atom. The number of hydrogen-bond acceptors (Lipinski definition) is 5. The van der Waals surface area contributed by atoms with Crippen LogP contribution >= 0.6 is 0 Å². The molecule has 0 unspecified atom stereocenters. The minimum Gasteiger partial charge on any atom is -0.200 e. The molecule has 1 rings (SSSR count). The average Bonchev–Trinajstić information content (AvgIpc) is 2.39. The zero-order valence-corrected chi connectivity index (χ0v) is 6.19. The van der Waals surface area contributed by atoms with Crippen molar-refractivity contribution in [2.24, 2.45) is 0 Å². The van der Waals surface area contributed by atoms with E-state index in [2.05, 4.69) is 22.0 Å². The van der Waals surface area contributed by atoms with E-state index >= 15 is 0 Å². The maximum atomic E-state index is 10.7. The molecule has 0 spiro atoms. The van der Waals surface area contributed by atoms with E-state index in [9.17, 15) is 8.42 Å².